The van der Waals surface area contributed by atoms with Gasteiger partial charge in [-0.1, -0.05) is 6.92 Å². The second-order valence-corrected chi connectivity index (χ2v) is 6.98. The zero-order chi connectivity index (χ0) is 17.3. The predicted molar refractivity (Wildman–Crippen MR) is 95.7 cm³/mol. The quantitative estimate of drug-likeness (QED) is 0.762. The Morgan fingerprint density at radius 3 is 2.62 bits per heavy atom. The van der Waals surface area contributed by atoms with Crippen LogP contribution in [0.1, 0.15) is 54.0 Å². The van der Waals surface area contributed by atoms with E-state index in [0.29, 0.717) is 11.6 Å². The van der Waals surface area contributed by atoms with E-state index in [9.17, 15) is 5.26 Å². The summed E-state index contributed by atoms with van der Waals surface area (Å²) in [5.41, 5.74) is 3.81. The lowest BCUT2D eigenvalue weighted by Crippen LogP contribution is -2.16. The highest BCUT2D eigenvalue weighted by Crippen LogP contribution is 2.48. The van der Waals surface area contributed by atoms with Gasteiger partial charge in [0.15, 0.2) is 0 Å². The second-order valence-electron chi connectivity index (χ2n) is 6.07. The number of ether oxygens (including phenoxy) is 2. The summed E-state index contributed by atoms with van der Waals surface area (Å²) < 4.78 is 12.0. The molecule has 0 unspecified atom stereocenters. The molecule has 0 N–H and O–H groups in total. The van der Waals surface area contributed by atoms with Crippen molar-refractivity contribution in [1.82, 2.24) is 4.98 Å². The maximum absolute atomic E-state index is 9.46. The third-order valence-electron chi connectivity index (χ3n) is 4.72. The van der Waals surface area contributed by atoms with E-state index in [2.05, 4.69) is 40.0 Å². The van der Waals surface area contributed by atoms with Crippen molar-refractivity contribution in [2.75, 3.05) is 14.2 Å². The molecule has 0 spiro atoms. The van der Waals surface area contributed by atoms with Gasteiger partial charge < -0.3 is 9.47 Å². The summed E-state index contributed by atoms with van der Waals surface area (Å²) in [6, 6.07) is 8.23. The molecule has 1 heterocycles. The van der Waals surface area contributed by atoms with E-state index in [4.69, 9.17) is 9.47 Å². The number of methoxy groups -OCH3 is 2. The number of rotatable bonds is 3. The average Bonchev–Trinajstić information content (AvgIpc) is 2.61. The molecule has 2 aromatic rings. The Balaban J connectivity index is 2.23. The molecule has 1 aliphatic rings. The molecule has 2 atom stereocenters. The molecule has 3 rings (SSSR count). The van der Waals surface area contributed by atoms with Crippen molar-refractivity contribution in [1.29, 1.82) is 5.26 Å². The number of aromatic nitrogens is 1. The SMILES string of the molecule is COc1cc(OC)c2c(c1)[C@@H](c1cc(Br)cnc1C#N)CC[C@H]2C. The molecule has 1 aromatic carbocycles. The number of fused-ring (bicyclic) bond motifs is 1. The number of nitrogens with zero attached hydrogens (tertiary/aromatic N) is 2. The Hall–Kier alpha value is -2.06. The van der Waals surface area contributed by atoms with E-state index < -0.39 is 0 Å². The molecule has 0 amide bonds. The van der Waals surface area contributed by atoms with Crippen LogP contribution in [0.2, 0.25) is 0 Å². The van der Waals surface area contributed by atoms with Crippen LogP contribution in [0, 0.1) is 11.3 Å². The third kappa shape index (κ3) is 2.87. The first-order valence-corrected chi connectivity index (χ1v) is 8.69. The van der Waals surface area contributed by atoms with Gasteiger partial charge in [0.25, 0.3) is 0 Å². The Labute approximate surface area is 150 Å². The largest absolute Gasteiger partial charge is 0.497 e. The Morgan fingerprint density at radius 2 is 1.96 bits per heavy atom. The van der Waals surface area contributed by atoms with Gasteiger partial charge in [-0.05, 0) is 57.9 Å². The Kier molecular flexibility index (Phi) is 4.77. The molecule has 124 valence electrons. The summed E-state index contributed by atoms with van der Waals surface area (Å²) in [4.78, 5) is 4.28. The van der Waals surface area contributed by atoms with Crippen LogP contribution in [0.3, 0.4) is 0 Å². The average molecular weight is 387 g/mol. The van der Waals surface area contributed by atoms with Crippen molar-refractivity contribution >= 4 is 15.9 Å². The van der Waals surface area contributed by atoms with Crippen LogP contribution in [0.15, 0.2) is 28.9 Å². The van der Waals surface area contributed by atoms with E-state index in [1.165, 1.54) is 11.1 Å². The van der Waals surface area contributed by atoms with Gasteiger partial charge in [-0.25, -0.2) is 4.98 Å². The normalized spacial score (nSPS) is 19.3. The van der Waals surface area contributed by atoms with Crippen LogP contribution >= 0.6 is 15.9 Å². The maximum atomic E-state index is 9.46. The van der Waals surface area contributed by atoms with E-state index >= 15 is 0 Å². The topological polar surface area (TPSA) is 55.1 Å². The third-order valence-corrected chi connectivity index (χ3v) is 5.16. The smallest absolute Gasteiger partial charge is 0.144 e. The lowest BCUT2D eigenvalue weighted by molar-refractivity contribution is 0.381. The fourth-order valence-corrected chi connectivity index (χ4v) is 3.93. The monoisotopic (exact) mass is 386 g/mol. The Bertz CT molecular complexity index is 814. The minimum atomic E-state index is 0.111. The van der Waals surface area contributed by atoms with Gasteiger partial charge in [0.1, 0.15) is 23.3 Å². The van der Waals surface area contributed by atoms with Gasteiger partial charge in [0.05, 0.1) is 14.2 Å². The van der Waals surface area contributed by atoms with Crippen molar-refractivity contribution in [3.63, 3.8) is 0 Å². The maximum Gasteiger partial charge on any atom is 0.144 e. The first kappa shape index (κ1) is 16.8. The fraction of sp³-hybridized carbons (Fsp3) is 0.368. The minimum absolute atomic E-state index is 0.111. The molecular weight excluding hydrogens is 368 g/mol. The van der Waals surface area contributed by atoms with E-state index in [1.807, 2.05) is 12.1 Å². The second kappa shape index (κ2) is 6.82. The molecule has 1 aliphatic carbocycles. The zero-order valence-corrected chi connectivity index (χ0v) is 15.6. The van der Waals surface area contributed by atoms with Crippen LogP contribution < -0.4 is 9.47 Å². The highest BCUT2D eigenvalue weighted by molar-refractivity contribution is 9.10. The first-order valence-electron chi connectivity index (χ1n) is 7.90. The number of pyridine rings is 1. The molecule has 5 heteroatoms. The van der Waals surface area contributed by atoms with Crippen LogP contribution in [0.5, 0.6) is 11.5 Å². The van der Waals surface area contributed by atoms with Crippen molar-refractivity contribution in [3.8, 4) is 17.6 Å². The molecule has 0 aliphatic heterocycles. The molecule has 24 heavy (non-hydrogen) atoms. The number of halogens is 1. The molecular formula is C19H19BrN2O2. The molecule has 0 saturated carbocycles. The lowest BCUT2D eigenvalue weighted by Gasteiger charge is -2.32. The highest BCUT2D eigenvalue weighted by atomic mass is 79.9. The van der Waals surface area contributed by atoms with E-state index in [-0.39, 0.29) is 5.92 Å². The van der Waals surface area contributed by atoms with Crippen LogP contribution in [-0.4, -0.2) is 19.2 Å². The minimum Gasteiger partial charge on any atom is -0.497 e. The molecule has 0 fully saturated rings. The van der Waals surface area contributed by atoms with Gasteiger partial charge in [-0.2, -0.15) is 5.26 Å². The molecule has 1 aromatic heterocycles. The van der Waals surface area contributed by atoms with Gasteiger partial charge in [-0.15, -0.1) is 0 Å². The van der Waals surface area contributed by atoms with Crippen LogP contribution in [0.25, 0.3) is 0 Å². The first-order chi connectivity index (χ1) is 11.6. The van der Waals surface area contributed by atoms with Gasteiger partial charge in [0.2, 0.25) is 0 Å². The van der Waals surface area contributed by atoms with Gasteiger partial charge in [-0.3, -0.25) is 0 Å². The molecule has 0 bridgehead atoms. The summed E-state index contributed by atoms with van der Waals surface area (Å²) in [5.74, 6) is 2.14. The summed E-state index contributed by atoms with van der Waals surface area (Å²) in [5, 5.41) is 9.46. The van der Waals surface area contributed by atoms with Crippen LogP contribution in [0.4, 0.5) is 0 Å². The fourth-order valence-electron chi connectivity index (χ4n) is 3.58. The molecule has 4 nitrogen and oxygen atoms in total. The summed E-state index contributed by atoms with van der Waals surface area (Å²) in [6.07, 6.45) is 3.68. The number of nitriles is 1. The van der Waals surface area contributed by atoms with E-state index in [0.717, 1.165) is 34.4 Å². The summed E-state index contributed by atoms with van der Waals surface area (Å²) in [6.45, 7) is 2.22. The predicted octanol–water partition coefficient (Wildman–Crippen LogP) is 4.76. The molecule has 0 saturated heterocycles. The van der Waals surface area contributed by atoms with Crippen molar-refractivity contribution in [2.24, 2.45) is 0 Å². The standard InChI is InChI=1S/C19H19BrN2O2/c1-11-4-5-14(15-6-12(20)10-22-17(15)9-21)16-7-13(23-2)8-18(24-3)19(11)16/h6-8,10-11,14H,4-5H2,1-3H3/t11-,14-/m1/s1. The van der Waals surface area contributed by atoms with Crippen molar-refractivity contribution in [2.45, 2.75) is 31.6 Å². The van der Waals surface area contributed by atoms with E-state index in [1.54, 1.807) is 20.4 Å². The van der Waals surface area contributed by atoms with Crippen LogP contribution in [-0.2, 0) is 0 Å². The van der Waals surface area contributed by atoms with Crippen molar-refractivity contribution in [3.05, 3.63) is 51.3 Å². The number of hydrogen-bond donors (Lipinski definition) is 0. The summed E-state index contributed by atoms with van der Waals surface area (Å²) in [7, 11) is 3.34. The number of benzene rings is 1. The summed E-state index contributed by atoms with van der Waals surface area (Å²) >= 11 is 3.48. The zero-order valence-electron chi connectivity index (χ0n) is 14.0. The van der Waals surface area contributed by atoms with Gasteiger partial charge in [0, 0.05) is 28.2 Å². The lowest BCUT2D eigenvalue weighted by atomic mass is 9.74. The van der Waals surface area contributed by atoms with Gasteiger partial charge >= 0.3 is 0 Å². The number of hydrogen-bond acceptors (Lipinski definition) is 4. The Morgan fingerprint density at radius 1 is 1.17 bits per heavy atom. The molecule has 0 radical (unpaired) electrons. The van der Waals surface area contributed by atoms with Crippen molar-refractivity contribution < 1.29 is 9.47 Å². The highest BCUT2D eigenvalue weighted by Gasteiger charge is 2.31.